The molecule has 1 aliphatic carbocycles. The van der Waals surface area contributed by atoms with Gasteiger partial charge in [0.2, 0.25) is 5.89 Å². The van der Waals surface area contributed by atoms with Crippen LogP contribution in [0.25, 0.3) is 0 Å². The SMILES string of the molecule is CC(C)c1nc(CN2CCCC2C2CCCC2=O)no1. The smallest absolute Gasteiger partial charge is 0.229 e. The van der Waals surface area contributed by atoms with Gasteiger partial charge in [-0.25, -0.2) is 0 Å². The molecule has 2 fully saturated rings. The Hall–Kier alpha value is -1.23. The van der Waals surface area contributed by atoms with E-state index in [0.29, 0.717) is 24.3 Å². The van der Waals surface area contributed by atoms with Gasteiger partial charge in [0.15, 0.2) is 5.82 Å². The summed E-state index contributed by atoms with van der Waals surface area (Å²) in [7, 11) is 0. The third-order valence-electron chi connectivity index (χ3n) is 4.55. The van der Waals surface area contributed by atoms with Gasteiger partial charge in [0, 0.05) is 24.3 Å². The second-order valence-electron chi connectivity index (χ2n) is 6.35. The van der Waals surface area contributed by atoms with E-state index in [-0.39, 0.29) is 11.8 Å². The predicted molar refractivity (Wildman–Crippen MR) is 74.2 cm³/mol. The van der Waals surface area contributed by atoms with Gasteiger partial charge in [-0.15, -0.1) is 0 Å². The molecule has 5 heteroatoms. The molecule has 0 N–H and O–H groups in total. The maximum Gasteiger partial charge on any atom is 0.229 e. The van der Waals surface area contributed by atoms with E-state index in [9.17, 15) is 4.79 Å². The van der Waals surface area contributed by atoms with Crippen LogP contribution in [0.4, 0.5) is 0 Å². The van der Waals surface area contributed by atoms with Gasteiger partial charge in [-0.2, -0.15) is 4.98 Å². The molecule has 2 aliphatic rings. The molecule has 1 saturated heterocycles. The van der Waals surface area contributed by atoms with Gasteiger partial charge in [-0.3, -0.25) is 9.69 Å². The standard InChI is InChI=1S/C15H23N3O2/c1-10(2)15-16-14(17-20-15)9-18-8-4-6-12(18)11-5-3-7-13(11)19/h10-12H,3-9H2,1-2H3. The molecule has 0 radical (unpaired) electrons. The van der Waals surface area contributed by atoms with Crippen LogP contribution in [0.15, 0.2) is 4.52 Å². The summed E-state index contributed by atoms with van der Waals surface area (Å²) in [4.78, 5) is 18.8. The number of Topliss-reactive ketones (excluding diaryl/α,β-unsaturated/α-hetero) is 1. The average Bonchev–Trinajstić information content (AvgIpc) is 3.10. The van der Waals surface area contributed by atoms with Crippen molar-refractivity contribution in [2.24, 2.45) is 5.92 Å². The first-order valence-corrected chi connectivity index (χ1v) is 7.74. The molecule has 0 aromatic carbocycles. The Balaban J connectivity index is 1.67. The number of carbonyl (C=O) groups excluding carboxylic acids is 1. The third-order valence-corrected chi connectivity index (χ3v) is 4.55. The van der Waals surface area contributed by atoms with Crippen molar-refractivity contribution in [2.45, 2.75) is 64.5 Å². The summed E-state index contributed by atoms with van der Waals surface area (Å²) >= 11 is 0. The van der Waals surface area contributed by atoms with Crippen molar-refractivity contribution >= 4 is 5.78 Å². The van der Waals surface area contributed by atoms with Crippen LogP contribution in [0.2, 0.25) is 0 Å². The molecular weight excluding hydrogens is 254 g/mol. The molecule has 0 spiro atoms. The Kier molecular flexibility index (Phi) is 3.87. The molecule has 110 valence electrons. The summed E-state index contributed by atoms with van der Waals surface area (Å²) in [5, 5.41) is 4.07. The first kappa shape index (κ1) is 13.7. The summed E-state index contributed by atoms with van der Waals surface area (Å²) in [5.41, 5.74) is 0. The Morgan fingerprint density at radius 1 is 1.35 bits per heavy atom. The van der Waals surface area contributed by atoms with Gasteiger partial charge in [-0.05, 0) is 32.2 Å². The van der Waals surface area contributed by atoms with Crippen molar-refractivity contribution < 1.29 is 9.32 Å². The molecule has 0 bridgehead atoms. The fraction of sp³-hybridized carbons (Fsp3) is 0.800. The topological polar surface area (TPSA) is 59.2 Å². The van der Waals surface area contributed by atoms with Crippen LogP contribution in [0, 0.1) is 5.92 Å². The largest absolute Gasteiger partial charge is 0.339 e. The maximum atomic E-state index is 12.0. The van der Waals surface area contributed by atoms with Crippen LogP contribution in [-0.2, 0) is 11.3 Å². The molecule has 3 rings (SSSR count). The number of likely N-dealkylation sites (tertiary alicyclic amines) is 1. The molecule has 20 heavy (non-hydrogen) atoms. The minimum Gasteiger partial charge on any atom is -0.339 e. The lowest BCUT2D eigenvalue weighted by Gasteiger charge is -2.27. The monoisotopic (exact) mass is 277 g/mol. The van der Waals surface area contributed by atoms with Crippen LogP contribution in [-0.4, -0.2) is 33.4 Å². The quantitative estimate of drug-likeness (QED) is 0.846. The third kappa shape index (κ3) is 2.64. The second kappa shape index (κ2) is 5.64. The second-order valence-corrected chi connectivity index (χ2v) is 6.35. The van der Waals surface area contributed by atoms with E-state index < -0.39 is 0 Å². The summed E-state index contributed by atoms with van der Waals surface area (Å²) in [5.74, 6) is 2.42. The highest BCUT2D eigenvalue weighted by molar-refractivity contribution is 5.83. The molecule has 2 atom stereocenters. The molecule has 1 aliphatic heterocycles. The molecule has 2 heterocycles. The van der Waals surface area contributed by atoms with Crippen LogP contribution in [0.1, 0.15) is 63.6 Å². The lowest BCUT2D eigenvalue weighted by atomic mass is 9.95. The zero-order chi connectivity index (χ0) is 14.1. The fourth-order valence-electron chi connectivity index (χ4n) is 3.50. The minimum absolute atomic E-state index is 0.244. The number of hydrogen-bond donors (Lipinski definition) is 0. The van der Waals surface area contributed by atoms with E-state index in [1.165, 1.54) is 6.42 Å². The lowest BCUT2D eigenvalue weighted by molar-refractivity contribution is -0.122. The number of nitrogens with zero attached hydrogens (tertiary/aromatic N) is 3. The Labute approximate surface area is 119 Å². The van der Waals surface area contributed by atoms with Gasteiger partial charge < -0.3 is 4.52 Å². The first-order chi connectivity index (χ1) is 9.65. The number of carbonyl (C=O) groups is 1. The normalized spacial score (nSPS) is 27.9. The van der Waals surface area contributed by atoms with Crippen molar-refractivity contribution in [3.8, 4) is 0 Å². The molecule has 1 aromatic rings. The van der Waals surface area contributed by atoms with E-state index in [1.807, 2.05) is 13.8 Å². The van der Waals surface area contributed by atoms with E-state index in [4.69, 9.17) is 4.52 Å². The number of hydrogen-bond acceptors (Lipinski definition) is 5. The number of ketones is 1. The van der Waals surface area contributed by atoms with Crippen molar-refractivity contribution in [3.05, 3.63) is 11.7 Å². The van der Waals surface area contributed by atoms with Crippen LogP contribution in [0.3, 0.4) is 0 Å². The van der Waals surface area contributed by atoms with Gasteiger partial charge in [0.1, 0.15) is 5.78 Å². The minimum atomic E-state index is 0.244. The summed E-state index contributed by atoms with van der Waals surface area (Å²) in [6.07, 6.45) is 5.19. The Morgan fingerprint density at radius 2 is 2.20 bits per heavy atom. The van der Waals surface area contributed by atoms with E-state index in [0.717, 1.165) is 38.1 Å². The zero-order valence-corrected chi connectivity index (χ0v) is 12.3. The van der Waals surface area contributed by atoms with Crippen molar-refractivity contribution in [1.82, 2.24) is 15.0 Å². The highest BCUT2D eigenvalue weighted by Crippen LogP contribution is 2.33. The van der Waals surface area contributed by atoms with Crippen molar-refractivity contribution in [1.29, 1.82) is 0 Å². The van der Waals surface area contributed by atoms with Gasteiger partial charge >= 0.3 is 0 Å². The average molecular weight is 277 g/mol. The molecule has 2 unspecified atom stereocenters. The van der Waals surface area contributed by atoms with E-state index in [2.05, 4.69) is 15.0 Å². The van der Waals surface area contributed by atoms with E-state index in [1.54, 1.807) is 0 Å². The summed E-state index contributed by atoms with van der Waals surface area (Å²) in [6.45, 7) is 5.85. The number of rotatable bonds is 4. The van der Waals surface area contributed by atoms with Crippen LogP contribution < -0.4 is 0 Å². The lowest BCUT2D eigenvalue weighted by Crippen LogP contribution is -2.37. The van der Waals surface area contributed by atoms with Gasteiger partial charge in [0.05, 0.1) is 6.54 Å². The Bertz CT molecular complexity index is 483. The fourth-order valence-corrected chi connectivity index (χ4v) is 3.50. The van der Waals surface area contributed by atoms with Crippen LogP contribution >= 0.6 is 0 Å². The molecule has 1 aromatic heterocycles. The van der Waals surface area contributed by atoms with E-state index >= 15 is 0 Å². The van der Waals surface area contributed by atoms with Gasteiger partial charge in [0.25, 0.3) is 0 Å². The van der Waals surface area contributed by atoms with Crippen LogP contribution in [0.5, 0.6) is 0 Å². The van der Waals surface area contributed by atoms with Crippen molar-refractivity contribution in [3.63, 3.8) is 0 Å². The molecule has 0 amide bonds. The van der Waals surface area contributed by atoms with Crippen molar-refractivity contribution in [2.75, 3.05) is 6.54 Å². The summed E-state index contributed by atoms with van der Waals surface area (Å²) in [6, 6.07) is 0.394. The molecule has 1 saturated carbocycles. The number of aromatic nitrogens is 2. The zero-order valence-electron chi connectivity index (χ0n) is 12.3. The maximum absolute atomic E-state index is 12.0. The first-order valence-electron chi connectivity index (χ1n) is 7.74. The highest BCUT2D eigenvalue weighted by Gasteiger charge is 2.38. The molecular formula is C15H23N3O2. The predicted octanol–water partition coefficient (Wildman–Crippen LogP) is 2.53. The highest BCUT2D eigenvalue weighted by atomic mass is 16.5. The summed E-state index contributed by atoms with van der Waals surface area (Å²) < 4.78 is 5.26. The molecule has 5 nitrogen and oxygen atoms in total. The van der Waals surface area contributed by atoms with Gasteiger partial charge in [-0.1, -0.05) is 19.0 Å². The Morgan fingerprint density at radius 3 is 2.85 bits per heavy atom.